The molecule has 2 N–H and O–H groups in total. The number of ether oxygens (including phenoxy) is 2. The number of hydrogen-bond donors (Lipinski definition) is 2. The summed E-state index contributed by atoms with van der Waals surface area (Å²) in [6, 6.07) is 20.5. The first kappa shape index (κ1) is 35.0. The summed E-state index contributed by atoms with van der Waals surface area (Å²) >= 11 is 0. The molecule has 0 spiro atoms. The molecular formula is C28H30Na2O8S2. The van der Waals surface area contributed by atoms with Crippen LogP contribution in [-0.4, -0.2) is 98.3 Å². The Hall–Kier alpha value is -1.18. The predicted octanol–water partition coefficient (Wildman–Crippen LogP) is 5.52. The predicted molar refractivity (Wildman–Crippen MR) is 158 cm³/mol. The summed E-state index contributed by atoms with van der Waals surface area (Å²) < 4.78 is 78.7. The van der Waals surface area contributed by atoms with Gasteiger partial charge in [-0.1, -0.05) is 86.3 Å². The van der Waals surface area contributed by atoms with Crippen LogP contribution in [0.3, 0.4) is 0 Å². The minimum atomic E-state index is -4.45. The summed E-state index contributed by atoms with van der Waals surface area (Å²) in [5.41, 5.74) is 0. The maximum absolute atomic E-state index is 12.0. The largest absolute Gasteiger partial charge is 0.492 e. The molecule has 0 atom stereocenters. The Kier molecular flexibility index (Phi) is 13.9. The van der Waals surface area contributed by atoms with Gasteiger partial charge in [0.1, 0.15) is 21.3 Å². The van der Waals surface area contributed by atoms with E-state index in [2.05, 4.69) is 0 Å². The monoisotopic (exact) mass is 604 g/mol. The van der Waals surface area contributed by atoms with Gasteiger partial charge in [0.25, 0.3) is 20.2 Å². The fourth-order valence-corrected chi connectivity index (χ4v) is 6.17. The topological polar surface area (TPSA) is 127 Å². The van der Waals surface area contributed by atoms with Gasteiger partial charge in [0.2, 0.25) is 0 Å². The van der Waals surface area contributed by atoms with Crippen molar-refractivity contribution in [2.24, 2.45) is 0 Å². The Balaban J connectivity index is 0.00000280. The van der Waals surface area contributed by atoms with Crippen LogP contribution in [0.25, 0.3) is 21.5 Å². The molecule has 0 amide bonds. The van der Waals surface area contributed by atoms with E-state index in [0.717, 1.165) is 38.5 Å². The molecule has 0 unspecified atom stereocenters. The van der Waals surface area contributed by atoms with Crippen LogP contribution in [0.1, 0.15) is 38.5 Å². The SMILES string of the molecule is O=S(=O)(O)c1c(OCCCCCCCCOc2ccc3ccccc3c2S(=O)(=O)O)ccc2ccccc12.[Na].[Na]. The van der Waals surface area contributed by atoms with E-state index < -0.39 is 20.2 Å². The summed E-state index contributed by atoms with van der Waals surface area (Å²) in [6.07, 6.45) is 5.10. The summed E-state index contributed by atoms with van der Waals surface area (Å²) in [5, 5.41) is 2.24. The minimum Gasteiger partial charge on any atom is -0.492 e. The molecule has 0 fully saturated rings. The van der Waals surface area contributed by atoms with Gasteiger partial charge in [-0.15, -0.1) is 0 Å². The molecule has 40 heavy (non-hydrogen) atoms. The summed E-state index contributed by atoms with van der Waals surface area (Å²) in [6.45, 7) is 0.648. The molecule has 0 saturated carbocycles. The van der Waals surface area contributed by atoms with Crippen molar-refractivity contribution < 1.29 is 35.4 Å². The number of fused-ring (bicyclic) bond motifs is 2. The molecule has 0 saturated heterocycles. The zero-order valence-electron chi connectivity index (χ0n) is 22.7. The molecule has 4 aromatic carbocycles. The van der Waals surface area contributed by atoms with E-state index in [1.807, 2.05) is 0 Å². The average Bonchev–Trinajstić information content (AvgIpc) is 2.87. The quantitative estimate of drug-likeness (QED) is 0.116. The van der Waals surface area contributed by atoms with Gasteiger partial charge >= 0.3 is 0 Å². The van der Waals surface area contributed by atoms with Gasteiger partial charge in [0, 0.05) is 69.9 Å². The van der Waals surface area contributed by atoms with Gasteiger partial charge in [0.05, 0.1) is 13.2 Å². The first-order chi connectivity index (χ1) is 18.2. The molecular weight excluding hydrogens is 574 g/mol. The Bertz CT molecular complexity index is 1520. The van der Waals surface area contributed by atoms with Crippen LogP contribution in [0.2, 0.25) is 0 Å². The van der Waals surface area contributed by atoms with E-state index in [4.69, 9.17) is 9.47 Å². The maximum Gasteiger partial charge on any atom is 0.298 e. The van der Waals surface area contributed by atoms with Crippen molar-refractivity contribution in [1.29, 1.82) is 0 Å². The fourth-order valence-electron chi connectivity index (χ4n) is 4.48. The van der Waals surface area contributed by atoms with Gasteiger partial charge in [-0.05, 0) is 35.7 Å². The van der Waals surface area contributed by atoms with Crippen molar-refractivity contribution >= 4 is 101 Å². The molecule has 2 radical (unpaired) electrons. The third-order valence-electron chi connectivity index (χ3n) is 6.26. The van der Waals surface area contributed by atoms with E-state index in [9.17, 15) is 25.9 Å². The number of unbranched alkanes of at least 4 members (excludes halogenated alkanes) is 5. The maximum atomic E-state index is 12.0. The molecule has 0 aromatic heterocycles. The Morgan fingerprint density at radius 3 is 1.23 bits per heavy atom. The van der Waals surface area contributed by atoms with Crippen molar-refractivity contribution in [1.82, 2.24) is 0 Å². The number of rotatable bonds is 13. The van der Waals surface area contributed by atoms with Crippen molar-refractivity contribution in [2.75, 3.05) is 13.2 Å². The van der Waals surface area contributed by atoms with E-state index in [1.54, 1.807) is 72.8 Å². The van der Waals surface area contributed by atoms with Crippen molar-refractivity contribution in [3.05, 3.63) is 72.8 Å². The molecule has 0 aliphatic heterocycles. The van der Waals surface area contributed by atoms with Crippen molar-refractivity contribution in [3.8, 4) is 11.5 Å². The zero-order chi connectivity index (χ0) is 27.2. The van der Waals surface area contributed by atoms with Crippen LogP contribution in [-0.2, 0) is 20.2 Å². The van der Waals surface area contributed by atoms with Crippen LogP contribution >= 0.6 is 0 Å². The van der Waals surface area contributed by atoms with Crippen molar-refractivity contribution in [2.45, 2.75) is 48.3 Å². The van der Waals surface area contributed by atoms with E-state index in [0.29, 0.717) is 34.8 Å². The summed E-state index contributed by atoms with van der Waals surface area (Å²) in [4.78, 5) is -0.418. The fraction of sp³-hybridized carbons (Fsp3) is 0.286. The van der Waals surface area contributed by atoms with E-state index in [-0.39, 0.29) is 80.4 Å². The Morgan fingerprint density at radius 2 is 0.850 bits per heavy atom. The smallest absolute Gasteiger partial charge is 0.298 e. The first-order valence-corrected chi connectivity index (χ1v) is 15.3. The Labute approximate surface area is 279 Å². The molecule has 4 aromatic rings. The van der Waals surface area contributed by atoms with Gasteiger partial charge in [-0.2, -0.15) is 16.8 Å². The molecule has 8 nitrogen and oxygen atoms in total. The molecule has 0 heterocycles. The third kappa shape index (κ3) is 9.16. The van der Waals surface area contributed by atoms with Gasteiger partial charge in [-0.3, -0.25) is 9.11 Å². The van der Waals surface area contributed by atoms with Gasteiger partial charge in [0.15, 0.2) is 0 Å². The molecule has 0 aliphatic rings. The second-order valence-corrected chi connectivity index (χ2v) is 11.7. The molecule has 4 rings (SSSR count). The van der Waals surface area contributed by atoms with Crippen LogP contribution in [0.4, 0.5) is 0 Å². The molecule has 0 bridgehead atoms. The van der Waals surface area contributed by atoms with Gasteiger partial charge < -0.3 is 9.47 Å². The zero-order valence-corrected chi connectivity index (χ0v) is 28.4. The molecule has 204 valence electrons. The third-order valence-corrected chi connectivity index (χ3v) is 8.13. The molecule has 0 aliphatic carbocycles. The summed E-state index contributed by atoms with van der Waals surface area (Å²) in [7, 11) is -8.89. The van der Waals surface area contributed by atoms with Crippen LogP contribution in [0.5, 0.6) is 11.5 Å². The first-order valence-electron chi connectivity index (χ1n) is 12.4. The van der Waals surface area contributed by atoms with Crippen LogP contribution < -0.4 is 9.47 Å². The van der Waals surface area contributed by atoms with Crippen LogP contribution in [0, 0.1) is 0 Å². The molecule has 12 heteroatoms. The normalized spacial score (nSPS) is 11.6. The van der Waals surface area contributed by atoms with E-state index >= 15 is 0 Å². The standard InChI is InChI=1S/C28H30O8S2.2Na/c29-37(30,31)27-23-13-7-5-11-21(23)15-17-25(27)35-19-9-3-1-2-4-10-20-36-26-18-16-22-12-6-8-14-24(22)28(26)38(32,33)34;;/h5-8,11-18H,1-4,9-10,19-20H2,(H,29,30,31)(H,32,33,34);;. The van der Waals surface area contributed by atoms with Gasteiger partial charge in [-0.25, -0.2) is 0 Å². The Morgan fingerprint density at radius 1 is 0.500 bits per heavy atom. The van der Waals surface area contributed by atoms with E-state index in [1.165, 1.54) is 0 Å². The van der Waals surface area contributed by atoms with Crippen molar-refractivity contribution in [3.63, 3.8) is 0 Å². The second kappa shape index (κ2) is 15.9. The number of benzene rings is 4. The minimum absolute atomic E-state index is 0. The summed E-state index contributed by atoms with van der Waals surface area (Å²) in [5.74, 6) is 0.280. The average molecular weight is 605 g/mol. The number of hydrogen-bond acceptors (Lipinski definition) is 6. The van der Waals surface area contributed by atoms with Crippen LogP contribution in [0.15, 0.2) is 82.6 Å². The second-order valence-electron chi connectivity index (χ2n) is 9.00.